The summed E-state index contributed by atoms with van der Waals surface area (Å²) < 4.78 is 4.82. The van der Waals surface area contributed by atoms with E-state index in [9.17, 15) is 9.59 Å². The van der Waals surface area contributed by atoms with Crippen LogP contribution in [0.4, 0.5) is 0 Å². The Bertz CT molecular complexity index is 558. The van der Waals surface area contributed by atoms with Gasteiger partial charge in [0.1, 0.15) is 12.2 Å². The van der Waals surface area contributed by atoms with E-state index >= 15 is 0 Å². The molecule has 0 unspecified atom stereocenters. The van der Waals surface area contributed by atoms with Gasteiger partial charge in [-0.25, -0.2) is 4.79 Å². The molecule has 1 aromatic rings. The molecule has 1 rings (SSSR count). The molecule has 0 aliphatic heterocycles. The predicted octanol–water partition coefficient (Wildman–Crippen LogP) is 2.31. The molecule has 0 aromatic heterocycles. The maximum atomic E-state index is 11.7. The number of hydrogen-bond acceptors (Lipinski definition) is 4. The number of hydrogen-bond donors (Lipinski definition) is 0. The van der Waals surface area contributed by atoms with Crippen molar-refractivity contribution in [1.82, 2.24) is 0 Å². The van der Waals surface area contributed by atoms with E-state index in [0.717, 1.165) is 0 Å². The van der Waals surface area contributed by atoms with E-state index in [4.69, 9.17) is 21.6 Å². The van der Waals surface area contributed by atoms with Gasteiger partial charge in [-0.3, -0.25) is 4.79 Å². The highest BCUT2D eigenvalue weighted by atomic mass is 35.5. The molecule has 0 bridgehead atoms. The van der Waals surface area contributed by atoms with Gasteiger partial charge < -0.3 is 4.74 Å². The number of nitriles is 1. The van der Waals surface area contributed by atoms with Crippen molar-refractivity contribution in [2.45, 2.75) is 6.92 Å². The minimum atomic E-state index is -0.712. The smallest absolute Gasteiger partial charge is 0.341 e. The molecule has 0 saturated heterocycles. The van der Waals surface area contributed by atoms with Gasteiger partial charge in [-0.2, -0.15) is 5.26 Å². The van der Waals surface area contributed by atoms with Gasteiger partial charge in [-0.05, 0) is 30.7 Å². The summed E-state index contributed by atoms with van der Waals surface area (Å²) in [6, 6.07) is 8.57. The van der Waals surface area contributed by atoms with Gasteiger partial charge in [-0.15, -0.1) is 11.6 Å². The Kier molecular flexibility index (Phi) is 5.77. The molecule has 0 heterocycles. The fourth-order valence-corrected chi connectivity index (χ4v) is 1.46. The summed E-state index contributed by atoms with van der Waals surface area (Å²) in [6.45, 7) is 1.32. The van der Waals surface area contributed by atoms with Crippen LogP contribution in [-0.4, -0.2) is 24.2 Å². The lowest BCUT2D eigenvalue weighted by atomic mass is 10.1. The minimum Gasteiger partial charge on any atom is -0.461 e. The van der Waals surface area contributed by atoms with E-state index < -0.39 is 11.8 Å². The SMILES string of the molecule is CC(=O)/C(=C/c1cccc(C#N)c1)C(=O)OCCCl. The Morgan fingerprint density at radius 3 is 2.79 bits per heavy atom. The van der Waals surface area contributed by atoms with Crippen molar-refractivity contribution in [2.24, 2.45) is 0 Å². The van der Waals surface area contributed by atoms with Gasteiger partial charge in [0.25, 0.3) is 0 Å². The highest BCUT2D eigenvalue weighted by Gasteiger charge is 2.15. The third kappa shape index (κ3) is 4.57. The molecule has 0 atom stereocenters. The van der Waals surface area contributed by atoms with E-state index in [1.54, 1.807) is 24.3 Å². The van der Waals surface area contributed by atoms with Crippen molar-refractivity contribution in [3.63, 3.8) is 0 Å². The van der Waals surface area contributed by atoms with Crippen molar-refractivity contribution in [1.29, 1.82) is 5.26 Å². The maximum Gasteiger partial charge on any atom is 0.341 e. The highest BCUT2D eigenvalue weighted by molar-refractivity contribution is 6.20. The molecule has 0 amide bonds. The normalized spacial score (nSPS) is 10.7. The topological polar surface area (TPSA) is 67.2 Å². The second kappa shape index (κ2) is 7.34. The molecule has 4 nitrogen and oxygen atoms in total. The van der Waals surface area contributed by atoms with Gasteiger partial charge in [0.2, 0.25) is 0 Å². The van der Waals surface area contributed by atoms with Crippen LogP contribution in [0.2, 0.25) is 0 Å². The largest absolute Gasteiger partial charge is 0.461 e. The summed E-state index contributed by atoms with van der Waals surface area (Å²) >= 11 is 5.41. The molecule has 0 aliphatic carbocycles. The van der Waals surface area contributed by atoms with Crippen LogP contribution in [0.3, 0.4) is 0 Å². The zero-order valence-corrected chi connectivity index (χ0v) is 11.1. The first-order valence-corrected chi connectivity index (χ1v) is 6.08. The van der Waals surface area contributed by atoms with Crippen LogP contribution >= 0.6 is 11.6 Å². The summed E-state index contributed by atoms with van der Waals surface area (Å²) in [6.07, 6.45) is 1.40. The maximum absolute atomic E-state index is 11.7. The zero-order valence-electron chi connectivity index (χ0n) is 10.4. The number of carbonyl (C=O) groups excluding carboxylic acids is 2. The van der Waals surface area contributed by atoms with Gasteiger partial charge in [0.15, 0.2) is 5.78 Å². The van der Waals surface area contributed by atoms with Crippen LogP contribution in [0.25, 0.3) is 6.08 Å². The van der Waals surface area contributed by atoms with E-state index in [-0.39, 0.29) is 18.1 Å². The average molecular weight is 278 g/mol. The third-order valence-electron chi connectivity index (χ3n) is 2.24. The van der Waals surface area contributed by atoms with Gasteiger partial charge in [-0.1, -0.05) is 12.1 Å². The number of ketones is 1. The summed E-state index contributed by atoms with van der Waals surface area (Å²) in [5, 5.41) is 8.79. The lowest BCUT2D eigenvalue weighted by Crippen LogP contribution is -2.14. The Balaban J connectivity index is 3.04. The number of ether oxygens (including phenoxy) is 1. The Morgan fingerprint density at radius 2 is 2.21 bits per heavy atom. The van der Waals surface area contributed by atoms with Gasteiger partial charge >= 0.3 is 5.97 Å². The van der Waals surface area contributed by atoms with Crippen molar-refractivity contribution < 1.29 is 14.3 Å². The molecule has 0 saturated carbocycles. The van der Waals surface area contributed by atoms with Crippen LogP contribution in [0.15, 0.2) is 29.8 Å². The van der Waals surface area contributed by atoms with Crippen molar-refractivity contribution in [3.05, 3.63) is 41.0 Å². The molecule has 0 fully saturated rings. The van der Waals surface area contributed by atoms with Crippen LogP contribution in [0.5, 0.6) is 0 Å². The fraction of sp³-hybridized carbons (Fsp3) is 0.214. The summed E-state index contributed by atoms with van der Waals surface area (Å²) in [7, 11) is 0. The lowest BCUT2D eigenvalue weighted by molar-refractivity contribution is -0.139. The first-order chi connectivity index (χ1) is 9.08. The molecule has 1 aromatic carbocycles. The van der Waals surface area contributed by atoms with E-state index in [1.165, 1.54) is 13.0 Å². The number of carbonyl (C=O) groups is 2. The minimum absolute atomic E-state index is 0.0449. The summed E-state index contributed by atoms with van der Waals surface area (Å²) in [5.74, 6) is -0.946. The predicted molar refractivity (Wildman–Crippen MR) is 71.5 cm³/mol. The molecule has 0 spiro atoms. The van der Waals surface area contributed by atoms with Gasteiger partial charge in [0, 0.05) is 0 Å². The average Bonchev–Trinajstić information content (AvgIpc) is 2.42. The summed E-state index contributed by atoms with van der Waals surface area (Å²) in [4.78, 5) is 23.1. The standard InChI is InChI=1S/C14H12ClNO3/c1-10(17)13(14(18)19-6-5-15)8-11-3-2-4-12(7-11)9-16/h2-4,7-8H,5-6H2,1H3/b13-8-. The number of rotatable bonds is 5. The highest BCUT2D eigenvalue weighted by Crippen LogP contribution is 2.11. The van der Waals surface area contributed by atoms with Crippen molar-refractivity contribution >= 4 is 29.4 Å². The first-order valence-electron chi connectivity index (χ1n) is 5.54. The van der Waals surface area contributed by atoms with Crippen LogP contribution in [0.1, 0.15) is 18.1 Å². The lowest BCUT2D eigenvalue weighted by Gasteiger charge is -2.04. The Hall–Kier alpha value is -2.12. The summed E-state index contributed by atoms with van der Waals surface area (Å²) in [5.41, 5.74) is 0.970. The molecule has 19 heavy (non-hydrogen) atoms. The Labute approximate surface area is 116 Å². The molecule has 0 N–H and O–H groups in total. The second-order valence-corrected chi connectivity index (χ2v) is 4.05. The van der Waals surface area contributed by atoms with Crippen LogP contribution in [-0.2, 0) is 14.3 Å². The van der Waals surface area contributed by atoms with Crippen LogP contribution < -0.4 is 0 Å². The van der Waals surface area contributed by atoms with E-state index in [0.29, 0.717) is 11.1 Å². The third-order valence-corrected chi connectivity index (χ3v) is 2.39. The fourth-order valence-electron chi connectivity index (χ4n) is 1.38. The van der Waals surface area contributed by atoms with Crippen LogP contribution in [0, 0.1) is 11.3 Å². The number of halogens is 1. The number of Topliss-reactive ketones (excluding diaryl/α,β-unsaturated/α-hetero) is 1. The molecular weight excluding hydrogens is 266 g/mol. The molecule has 98 valence electrons. The number of esters is 1. The van der Waals surface area contributed by atoms with Gasteiger partial charge in [0.05, 0.1) is 17.5 Å². The monoisotopic (exact) mass is 277 g/mol. The molecular formula is C14H12ClNO3. The number of benzene rings is 1. The van der Waals surface area contributed by atoms with Crippen molar-refractivity contribution in [3.8, 4) is 6.07 Å². The zero-order chi connectivity index (χ0) is 14.3. The first kappa shape index (κ1) is 14.9. The molecule has 0 radical (unpaired) electrons. The molecule has 5 heteroatoms. The number of nitrogens with zero attached hydrogens (tertiary/aromatic N) is 1. The van der Waals surface area contributed by atoms with E-state index in [1.807, 2.05) is 6.07 Å². The van der Waals surface area contributed by atoms with E-state index in [2.05, 4.69) is 0 Å². The Morgan fingerprint density at radius 1 is 1.47 bits per heavy atom. The second-order valence-electron chi connectivity index (χ2n) is 3.68. The van der Waals surface area contributed by atoms with Crippen molar-refractivity contribution in [2.75, 3.05) is 12.5 Å². The number of alkyl halides is 1. The quantitative estimate of drug-likeness (QED) is 0.272. The molecule has 0 aliphatic rings.